The molecule has 1 aliphatic carbocycles. The highest BCUT2D eigenvalue weighted by Crippen LogP contribution is 2.33. The molecule has 0 unspecified atom stereocenters. The molecule has 0 atom stereocenters. The van der Waals surface area contributed by atoms with Crippen molar-refractivity contribution < 1.29 is 9.59 Å². The van der Waals surface area contributed by atoms with Crippen LogP contribution >= 0.6 is 35.6 Å². The van der Waals surface area contributed by atoms with Crippen molar-refractivity contribution in [2.45, 2.75) is 63.8 Å². The largest absolute Gasteiger partial charge is 0.353 e. The normalized spacial score (nSPS) is 19.2. The summed E-state index contributed by atoms with van der Waals surface area (Å²) in [5, 5.41) is 3.82. The Balaban J connectivity index is 1.38. The van der Waals surface area contributed by atoms with Crippen LogP contribution < -0.4 is 5.32 Å². The molecule has 1 aromatic rings. The first-order valence-corrected chi connectivity index (χ1v) is 11.9. The maximum absolute atomic E-state index is 12.6. The molecule has 1 saturated heterocycles. The minimum absolute atomic E-state index is 0.0370. The Labute approximate surface area is 187 Å². The molecule has 1 aromatic carbocycles. The summed E-state index contributed by atoms with van der Waals surface area (Å²) >= 11 is 12.6. The summed E-state index contributed by atoms with van der Waals surface area (Å²) in [6.07, 6.45) is 11.0. The molecule has 2 fully saturated rings. The zero-order chi connectivity index (χ0) is 20.6. The number of nitrogens with one attached hydrogen (secondary N) is 1. The molecule has 2 aliphatic rings. The fourth-order valence-electron chi connectivity index (χ4n) is 3.68. The van der Waals surface area contributed by atoms with E-state index >= 15 is 0 Å². The third-order valence-corrected chi connectivity index (χ3v) is 6.93. The first kappa shape index (κ1) is 22.3. The van der Waals surface area contributed by atoms with E-state index in [9.17, 15) is 9.59 Å². The first-order chi connectivity index (χ1) is 14.0. The number of carbonyl (C=O) groups is 2. The molecule has 0 radical (unpaired) electrons. The van der Waals surface area contributed by atoms with Gasteiger partial charge >= 0.3 is 0 Å². The lowest BCUT2D eigenvalue weighted by atomic mass is 9.95. The Hall–Kier alpha value is -1.37. The lowest BCUT2D eigenvalue weighted by molar-refractivity contribution is -0.123. The highest BCUT2D eigenvalue weighted by atomic mass is 35.5. The van der Waals surface area contributed by atoms with E-state index in [-0.39, 0.29) is 11.8 Å². The van der Waals surface area contributed by atoms with Crippen molar-refractivity contribution in [2.75, 3.05) is 6.54 Å². The van der Waals surface area contributed by atoms with Crippen LogP contribution in [-0.4, -0.2) is 33.6 Å². The number of hydrogen-bond donors (Lipinski definition) is 1. The maximum Gasteiger partial charge on any atom is 0.266 e. The molecular formula is C22H27ClN2O2S2. The van der Waals surface area contributed by atoms with E-state index in [2.05, 4.69) is 5.32 Å². The van der Waals surface area contributed by atoms with E-state index in [1.54, 1.807) is 17.0 Å². The molecule has 7 heteroatoms. The molecule has 0 aromatic heterocycles. The van der Waals surface area contributed by atoms with Crippen LogP contribution in [0.4, 0.5) is 0 Å². The maximum atomic E-state index is 12.6. The van der Waals surface area contributed by atoms with Gasteiger partial charge in [0, 0.05) is 24.0 Å². The number of rotatable bonds is 8. The average Bonchev–Trinajstić information content (AvgIpc) is 2.97. The molecule has 156 valence electrons. The molecule has 1 aliphatic heterocycles. The molecule has 1 saturated carbocycles. The van der Waals surface area contributed by atoms with Crippen LogP contribution in [0.5, 0.6) is 0 Å². The molecule has 3 rings (SSSR count). The van der Waals surface area contributed by atoms with E-state index in [0.29, 0.717) is 33.3 Å². The zero-order valence-electron chi connectivity index (χ0n) is 16.5. The zero-order valence-corrected chi connectivity index (χ0v) is 18.9. The molecule has 1 heterocycles. The van der Waals surface area contributed by atoms with E-state index in [4.69, 9.17) is 23.8 Å². The predicted octanol–water partition coefficient (Wildman–Crippen LogP) is 5.55. The number of hydrogen-bond acceptors (Lipinski definition) is 4. The monoisotopic (exact) mass is 450 g/mol. The highest BCUT2D eigenvalue weighted by molar-refractivity contribution is 8.26. The minimum Gasteiger partial charge on any atom is -0.353 e. The number of unbranched alkanes of at least 4 members (excludes halogenated alkanes) is 2. The van der Waals surface area contributed by atoms with Gasteiger partial charge in [-0.25, -0.2) is 0 Å². The van der Waals surface area contributed by atoms with Crippen LogP contribution in [0.3, 0.4) is 0 Å². The molecule has 1 N–H and O–H groups in total. The van der Waals surface area contributed by atoms with Gasteiger partial charge < -0.3 is 5.32 Å². The van der Waals surface area contributed by atoms with Crippen molar-refractivity contribution in [2.24, 2.45) is 0 Å². The van der Waals surface area contributed by atoms with Crippen molar-refractivity contribution in [1.82, 2.24) is 10.2 Å². The van der Waals surface area contributed by atoms with Gasteiger partial charge in [-0.3, -0.25) is 14.5 Å². The smallest absolute Gasteiger partial charge is 0.266 e. The molecule has 4 nitrogen and oxygen atoms in total. The first-order valence-electron chi connectivity index (χ1n) is 10.3. The number of halogens is 1. The number of amides is 2. The number of thioether (sulfide) groups is 1. The summed E-state index contributed by atoms with van der Waals surface area (Å²) < 4.78 is 0.602. The standard InChI is InChI=1S/C22H27ClN2O2S2/c23-17-12-10-16(11-13-17)15-19-21(27)25(22(28)29-19)14-6-2-5-9-20(26)24-18-7-3-1-4-8-18/h10-13,15,18H,1-9,14H2,(H,24,26)/b19-15-. The summed E-state index contributed by atoms with van der Waals surface area (Å²) in [7, 11) is 0. The second kappa shape index (κ2) is 11.1. The topological polar surface area (TPSA) is 49.4 Å². The van der Waals surface area contributed by atoms with E-state index in [0.717, 1.165) is 37.7 Å². The van der Waals surface area contributed by atoms with Crippen LogP contribution in [0, 0.1) is 0 Å². The predicted molar refractivity (Wildman–Crippen MR) is 125 cm³/mol. The third kappa shape index (κ3) is 6.83. The van der Waals surface area contributed by atoms with Gasteiger partial charge in [0.15, 0.2) is 0 Å². The van der Waals surface area contributed by atoms with Crippen molar-refractivity contribution in [3.8, 4) is 0 Å². The fraction of sp³-hybridized carbons (Fsp3) is 0.500. The Kier molecular flexibility index (Phi) is 8.57. The van der Waals surface area contributed by atoms with E-state index in [1.807, 2.05) is 18.2 Å². The van der Waals surface area contributed by atoms with Crippen LogP contribution in [0.15, 0.2) is 29.2 Å². The van der Waals surface area contributed by atoms with Crippen molar-refractivity contribution in [1.29, 1.82) is 0 Å². The highest BCUT2D eigenvalue weighted by Gasteiger charge is 2.31. The quantitative estimate of drug-likeness (QED) is 0.320. The Bertz CT molecular complexity index is 774. The molecule has 0 spiro atoms. The summed E-state index contributed by atoms with van der Waals surface area (Å²) in [5.41, 5.74) is 0.930. The Morgan fingerprint density at radius 2 is 1.90 bits per heavy atom. The summed E-state index contributed by atoms with van der Waals surface area (Å²) in [4.78, 5) is 27.0. The van der Waals surface area contributed by atoms with Gasteiger partial charge in [0.2, 0.25) is 5.91 Å². The average molecular weight is 451 g/mol. The summed E-state index contributed by atoms with van der Waals surface area (Å²) in [6.45, 7) is 0.604. The van der Waals surface area contributed by atoms with E-state index < -0.39 is 0 Å². The molecule has 29 heavy (non-hydrogen) atoms. The number of thiocarbonyl (C=S) groups is 1. The number of benzene rings is 1. The third-order valence-electron chi connectivity index (χ3n) is 5.30. The Morgan fingerprint density at radius 1 is 1.17 bits per heavy atom. The van der Waals surface area contributed by atoms with Gasteiger partial charge in [0.25, 0.3) is 5.91 Å². The summed E-state index contributed by atoms with van der Waals surface area (Å²) in [6, 6.07) is 7.75. The second-order valence-corrected chi connectivity index (χ2v) is 9.71. The van der Waals surface area contributed by atoms with Crippen molar-refractivity contribution in [3.63, 3.8) is 0 Å². The van der Waals surface area contributed by atoms with Gasteiger partial charge in [0.1, 0.15) is 4.32 Å². The second-order valence-electron chi connectivity index (χ2n) is 7.60. The SMILES string of the molecule is O=C(CCCCCN1C(=O)/C(=C/c2ccc(Cl)cc2)SC1=S)NC1CCCCC1. The van der Waals surface area contributed by atoms with Gasteiger partial charge in [0.05, 0.1) is 4.91 Å². The van der Waals surface area contributed by atoms with Gasteiger partial charge in [-0.15, -0.1) is 0 Å². The van der Waals surface area contributed by atoms with E-state index in [1.165, 1.54) is 31.0 Å². The summed E-state index contributed by atoms with van der Waals surface area (Å²) in [5.74, 6) is 0.124. The van der Waals surface area contributed by atoms with Crippen LogP contribution in [0.2, 0.25) is 5.02 Å². The van der Waals surface area contributed by atoms with Crippen molar-refractivity contribution >= 4 is 57.8 Å². The Morgan fingerprint density at radius 3 is 2.62 bits per heavy atom. The van der Waals surface area contributed by atoms with Gasteiger partial charge in [-0.2, -0.15) is 0 Å². The minimum atomic E-state index is -0.0370. The number of carbonyl (C=O) groups excluding carboxylic acids is 2. The van der Waals surface area contributed by atoms with Crippen LogP contribution in [-0.2, 0) is 9.59 Å². The molecule has 2 amide bonds. The van der Waals surface area contributed by atoms with Gasteiger partial charge in [-0.1, -0.05) is 73.4 Å². The van der Waals surface area contributed by atoms with Crippen molar-refractivity contribution in [3.05, 3.63) is 39.8 Å². The van der Waals surface area contributed by atoms with Gasteiger partial charge in [-0.05, 0) is 49.5 Å². The van der Waals surface area contributed by atoms with Crippen LogP contribution in [0.25, 0.3) is 6.08 Å². The number of nitrogens with zero attached hydrogens (tertiary/aromatic N) is 1. The van der Waals surface area contributed by atoms with Crippen LogP contribution in [0.1, 0.15) is 63.4 Å². The fourth-order valence-corrected chi connectivity index (χ4v) is 5.12. The lowest BCUT2D eigenvalue weighted by Crippen LogP contribution is -2.36. The molecule has 0 bridgehead atoms. The molecular weight excluding hydrogens is 424 g/mol. The lowest BCUT2D eigenvalue weighted by Gasteiger charge is -2.22.